The first-order valence-electron chi connectivity index (χ1n) is 7.61. The Labute approximate surface area is 148 Å². The fourth-order valence-electron chi connectivity index (χ4n) is 2.19. The molecule has 0 aliphatic heterocycles. The van der Waals surface area contributed by atoms with Crippen molar-refractivity contribution in [1.29, 1.82) is 0 Å². The number of benzene rings is 2. The Balaban J connectivity index is 1.61. The van der Waals surface area contributed by atoms with Crippen LogP contribution in [0.4, 0.5) is 16.2 Å². The van der Waals surface area contributed by atoms with Crippen molar-refractivity contribution in [2.24, 2.45) is 5.10 Å². The Morgan fingerprint density at radius 3 is 2.65 bits per heavy atom. The molecule has 2 N–H and O–H groups in total. The van der Waals surface area contributed by atoms with E-state index in [-0.39, 0.29) is 5.69 Å². The first-order valence-corrected chi connectivity index (χ1v) is 7.61. The number of urea groups is 1. The van der Waals surface area contributed by atoms with Crippen molar-refractivity contribution in [1.82, 2.24) is 5.43 Å². The molecule has 0 bridgehead atoms. The lowest BCUT2D eigenvalue weighted by molar-refractivity contribution is -0.384. The monoisotopic (exact) mass is 350 g/mol. The van der Waals surface area contributed by atoms with Crippen molar-refractivity contribution in [2.45, 2.75) is 0 Å². The molecule has 0 aliphatic rings. The number of amides is 2. The van der Waals surface area contributed by atoms with Crippen molar-refractivity contribution >= 4 is 23.6 Å². The highest BCUT2D eigenvalue weighted by atomic mass is 16.6. The van der Waals surface area contributed by atoms with Gasteiger partial charge in [-0.05, 0) is 24.3 Å². The molecule has 8 nitrogen and oxygen atoms in total. The second-order valence-corrected chi connectivity index (χ2v) is 5.20. The number of hydrogen-bond acceptors (Lipinski definition) is 5. The molecule has 0 fully saturated rings. The molecule has 1 heterocycles. The largest absolute Gasteiger partial charge is 0.455 e. The summed E-state index contributed by atoms with van der Waals surface area (Å²) in [6.07, 6.45) is 1.34. The van der Waals surface area contributed by atoms with Gasteiger partial charge in [-0.25, -0.2) is 10.2 Å². The van der Waals surface area contributed by atoms with Gasteiger partial charge < -0.3 is 9.73 Å². The maximum atomic E-state index is 11.7. The molecule has 26 heavy (non-hydrogen) atoms. The quantitative estimate of drug-likeness (QED) is 0.411. The third-order valence-corrected chi connectivity index (χ3v) is 3.36. The van der Waals surface area contributed by atoms with Crippen molar-refractivity contribution in [3.05, 3.63) is 82.6 Å². The molecule has 0 saturated carbocycles. The average molecular weight is 350 g/mol. The molecule has 0 radical (unpaired) electrons. The Bertz CT molecular complexity index is 951. The molecule has 0 unspecified atom stereocenters. The number of anilines is 1. The van der Waals surface area contributed by atoms with Crippen molar-refractivity contribution in [2.75, 3.05) is 5.32 Å². The molecule has 2 aromatic carbocycles. The second kappa shape index (κ2) is 7.75. The van der Waals surface area contributed by atoms with Crippen LogP contribution in [0.25, 0.3) is 11.3 Å². The topological polar surface area (TPSA) is 110 Å². The third kappa shape index (κ3) is 4.32. The first kappa shape index (κ1) is 16.9. The molecule has 0 atom stereocenters. The lowest BCUT2D eigenvalue weighted by atomic mass is 10.1. The van der Waals surface area contributed by atoms with Gasteiger partial charge >= 0.3 is 6.03 Å². The van der Waals surface area contributed by atoms with Gasteiger partial charge in [-0.3, -0.25) is 10.1 Å². The lowest BCUT2D eigenvalue weighted by Crippen LogP contribution is -2.24. The number of carbonyl (C=O) groups is 1. The van der Waals surface area contributed by atoms with Crippen LogP contribution in [0.3, 0.4) is 0 Å². The van der Waals surface area contributed by atoms with Crippen LogP contribution in [0.2, 0.25) is 0 Å². The molecule has 0 aliphatic carbocycles. The van der Waals surface area contributed by atoms with Crippen LogP contribution in [-0.4, -0.2) is 17.2 Å². The summed E-state index contributed by atoms with van der Waals surface area (Å²) in [7, 11) is 0. The van der Waals surface area contributed by atoms with E-state index in [1.807, 2.05) is 6.07 Å². The predicted molar refractivity (Wildman–Crippen MR) is 97.0 cm³/mol. The number of non-ortho nitro benzene ring substituents is 1. The number of hydrazone groups is 1. The number of furan rings is 1. The number of nitrogens with one attached hydrogen (secondary N) is 2. The Morgan fingerprint density at radius 2 is 1.88 bits per heavy atom. The van der Waals surface area contributed by atoms with Gasteiger partial charge in [-0.1, -0.05) is 30.3 Å². The van der Waals surface area contributed by atoms with Crippen LogP contribution >= 0.6 is 0 Å². The van der Waals surface area contributed by atoms with E-state index in [1.165, 1.54) is 18.3 Å². The highest BCUT2D eigenvalue weighted by Gasteiger charge is 2.09. The zero-order valence-corrected chi connectivity index (χ0v) is 13.5. The van der Waals surface area contributed by atoms with E-state index in [0.29, 0.717) is 22.8 Å². The standard InChI is InChI=1S/C18H14N4O4/c23-18(20-14-6-2-1-3-7-14)21-19-12-16-9-10-17(26-16)13-5-4-8-15(11-13)22(24)25/h1-12H,(H2,20,21,23)/b19-12+. The zero-order valence-electron chi connectivity index (χ0n) is 13.5. The minimum Gasteiger partial charge on any atom is -0.455 e. The van der Waals surface area contributed by atoms with E-state index in [1.54, 1.807) is 48.5 Å². The first-order chi connectivity index (χ1) is 12.6. The summed E-state index contributed by atoms with van der Waals surface area (Å²) in [6, 6.07) is 17.9. The Morgan fingerprint density at radius 1 is 1.08 bits per heavy atom. The number of nitrogens with zero attached hydrogens (tertiary/aromatic N) is 2. The summed E-state index contributed by atoms with van der Waals surface area (Å²) < 4.78 is 5.56. The summed E-state index contributed by atoms with van der Waals surface area (Å²) in [5, 5.41) is 17.3. The Kier molecular flexibility index (Phi) is 5.04. The van der Waals surface area contributed by atoms with E-state index in [2.05, 4.69) is 15.8 Å². The maximum Gasteiger partial charge on any atom is 0.339 e. The fourth-order valence-corrected chi connectivity index (χ4v) is 2.19. The summed E-state index contributed by atoms with van der Waals surface area (Å²) in [5.41, 5.74) is 3.52. The highest BCUT2D eigenvalue weighted by Crippen LogP contribution is 2.25. The van der Waals surface area contributed by atoms with Gasteiger partial charge in [0.25, 0.3) is 5.69 Å². The smallest absolute Gasteiger partial charge is 0.339 e. The third-order valence-electron chi connectivity index (χ3n) is 3.36. The van der Waals surface area contributed by atoms with Gasteiger partial charge in [0.05, 0.1) is 11.1 Å². The van der Waals surface area contributed by atoms with E-state index in [0.717, 1.165) is 0 Å². The number of nitro groups is 1. The molecular weight excluding hydrogens is 336 g/mol. The molecule has 1 aromatic heterocycles. The summed E-state index contributed by atoms with van der Waals surface area (Å²) >= 11 is 0. The second-order valence-electron chi connectivity index (χ2n) is 5.20. The van der Waals surface area contributed by atoms with E-state index in [4.69, 9.17) is 4.42 Å². The van der Waals surface area contributed by atoms with E-state index >= 15 is 0 Å². The minimum absolute atomic E-state index is 0.0200. The van der Waals surface area contributed by atoms with Crippen LogP contribution in [0.1, 0.15) is 5.76 Å². The maximum absolute atomic E-state index is 11.7. The van der Waals surface area contributed by atoms with Crippen molar-refractivity contribution < 1.29 is 14.1 Å². The van der Waals surface area contributed by atoms with Gasteiger partial charge in [0, 0.05) is 23.4 Å². The fraction of sp³-hybridized carbons (Fsp3) is 0. The zero-order chi connectivity index (χ0) is 18.4. The van der Waals surface area contributed by atoms with Crippen molar-refractivity contribution in [3.63, 3.8) is 0 Å². The number of nitro benzene ring substituents is 1. The van der Waals surface area contributed by atoms with Crippen LogP contribution in [-0.2, 0) is 0 Å². The molecule has 3 rings (SSSR count). The summed E-state index contributed by atoms with van der Waals surface area (Å²) in [5.74, 6) is 0.857. The van der Waals surface area contributed by atoms with Crippen LogP contribution in [0, 0.1) is 10.1 Å². The predicted octanol–water partition coefficient (Wildman–Crippen LogP) is 4.01. The number of para-hydroxylation sites is 1. The van der Waals surface area contributed by atoms with Gasteiger partial charge in [0.15, 0.2) is 0 Å². The normalized spacial score (nSPS) is 10.6. The number of hydrogen-bond donors (Lipinski definition) is 2. The van der Waals surface area contributed by atoms with Crippen molar-refractivity contribution in [3.8, 4) is 11.3 Å². The SMILES string of the molecule is O=C(N/N=C/c1ccc(-c2cccc([N+](=O)[O-])c2)o1)Nc1ccccc1. The number of rotatable bonds is 5. The molecule has 3 aromatic rings. The van der Waals surface area contributed by atoms with Gasteiger partial charge in [0.2, 0.25) is 0 Å². The van der Waals surface area contributed by atoms with Crippen LogP contribution in [0.15, 0.2) is 76.2 Å². The number of carbonyl (C=O) groups excluding carboxylic acids is 1. The molecule has 0 saturated heterocycles. The molecule has 0 spiro atoms. The van der Waals surface area contributed by atoms with E-state index in [9.17, 15) is 14.9 Å². The van der Waals surface area contributed by atoms with E-state index < -0.39 is 11.0 Å². The summed E-state index contributed by atoms with van der Waals surface area (Å²) in [6.45, 7) is 0. The van der Waals surface area contributed by atoms with Crippen LogP contribution in [0.5, 0.6) is 0 Å². The molecule has 2 amide bonds. The molecule has 8 heteroatoms. The average Bonchev–Trinajstić information content (AvgIpc) is 3.11. The Hall–Kier alpha value is -3.94. The highest BCUT2D eigenvalue weighted by molar-refractivity contribution is 5.90. The lowest BCUT2D eigenvalue weighted by Gasteiger charge is -2.02. The molecule has 130 valence electrons. The van der Waals surface area contributed by atoms with Gasteiger partial charge in [-0.15, -0.1) is 0 Å². The minimum atomic E-state index is -0.488. The summed E-state index contributed by atoms with van der Waals surface area (Å²) in [4.78, 5) is 22.1. The van der Waals surface area contributed by atoms with Gasteiger partial charge in [0.1, 0.15) is 11.5 Å². The van der Waals surface area contributed by atoms with Gasteiger partial charge in [-0.2, -0.15) is 5.10 Å². The van der Waals surface area contributed by atoms with Crippen LogP contribution < -0.4 is 10.7 Å². The molecular formula is C18H14N4O4.